The highest BCUT2D eigenvalue weighted by atomic mass is 16.5. The monoisotopic (exact) mass is 243 g/mol. The van der Waals surface area contributed by atoms with E-state index in [2.05, 4.69) is 15.0 Å². The van der Waals surface area contributed by atoms with Gasteiger partial charge in [0.2, 0.25) is 0 Å². The molecule has 0 saturated carbocycles. The topological polar surface area (TPSA) is 67.9 Å². The fourth-order valence-electron chi connectivity index (χ4n) is 1.39. The van der Waals surface area contributed by atoms with E-state index in [1.165, 1.54) is 0 Å². The van der Waals surface area contributed by atoms with E-state index in [1.54, 1.807) is 6.08 Å². The van der Waals surface area contributed by atoms with Gasteiger partial charge in [0, 0.05) is 0 Å². The molecular formula is C13H13N3O2. The molecule has 2 aromatic rings. The summed E-state index contributed by atoms with van der Waals surface area (Å²) in [5, 5.41) is 0. The molecule has 2 rings (SSSR count). The highest BCUT2D eigenvalue weighted by Crippen LogP contribution is 2.05. The van der Waals surface area contributed by atoms with Crippen LogP contribution in [-0.2, 0) is 0 Å². The van der Waals surface area contributed by atoms with Gasteiger partial charge < -0.3 is 4.74 Å². The van der Waals surface area contributed by atoms with Crippen molar-refractivity contribution in [3.63, 3.8) is 0 Å². The number of rotatable bonds is 4. The lowest BCUT2D eigenvalue weighted by Crippen LogP contribution is -2.15. The second-order valence-electron chi connectivity index (χ2n) is 3.50. The fraction of sp³-hybridized carbons (Fsp3) is 0.154. The Bertz CT molecular complexity index is 591. The normalized spacial score (nSPS) is 10.7. The Morgan fingerprint density at radius 2 is 2.00 bits per heavy atom. The zero-order chi connectivity index (χ0) is 12.8. The second-order valence-corrected chi connectivity index (χ2v) is 3.50. The van der Waals surface area contributed by atoms with Crippen molar-refractivity contribution in [2.75, 3.05) is 6.61 Å². The van der Waals surface area contributed by atoms with Gasteiger partial charge in [0.1, 0.15) is 5.82 Å². The SMILES string of the molecule is CCOc1nc(/C=C/c2ccccc2)[nH]c(=O)n1. The minimum Gasteiger partial charge on any atom is -0.464 e. The highest BCUT2D eigenvalue weighted by Gasteiger charge is 2.00. The van der Waals surface area contributed by atoms with Crippen molar-refractivity contribution < 1.29 is 4.74 Å². The van der Waals surface area contributed by atoms with Crippen LogP contribution < -0.4 is 10.4 Å². The van der Waals surface area contributed by atoms with Gasteiger partial charge >= 0.3 is 11.7 Å². The number of hydrogen-bond acceptors (Lipinski definition) is 4. The molecule has 0 aliphatic heterocycles. The molecule has 0 saturated heterocycles. The first-order valence-electron chi connectivity index (χ1n) is 5.62. The van der Waals surface area contributed by atoms with Crippen LogP contribution in [0.3, 0.4) is 0 Å². The van der Waals surface area contributed by atoms with E-state index in [9.17, 15) is 4.79 Å². The molecule has 1 aromatic heterocycles. The third-order valence-corrected chi connectivity index (χ3v) is 2.15. The van der Waals surface area contributed by atoms with Gasteiger partial charge in [-0.3, -0.25) is 4.98 Å². The van der Waals surface area contributed by atoms with Gasteiger partial charge in [-0.25, -0.2) is 4.79 Å². The van der Waals surface area contributed by atoms with Crippen LogP contribution in [0, 0.1) is 0 Å². The fourth-order valence-corrected chi connectivity index (χ4v) is 1.39. The van der Waals surface area contributed by atoms with Crippen molar-refractivity contribution in [2.24, 2.45) is 0 Å². The van der Waals surface area contributed by atoms with Gasteiger partial charge in [0.15, 0.2) is 0 Å². The highest BCUT2D eigenvalue weighted by molar-refractivity contribution is 5.66. The molecule has 5 nitrogen and oxygen atoms in total. The van der Waals surface area contributed by atoms with Crippen molar-refractivity contribution in [1.82, 2.24) is 15.0 Å². The van der Waals surface area contributed by atoms with Crippen molar-refractivity contribution in [3.8, 4) is 6.01 Å². The van der Waals surface area contributed by atoms with E-state index in [0.29, 0.717) is 12.4 Å². The summed E-state index contributed by atoms with van der Waals surface area (Å²) in [4.78, 5) is 21.5. The van der Waals surface area contributed by atoms with Crippen LogP contribution in [-0.4, -0.2) is 21.6 Å². The summed E-state index contributed by atoms with van der Waals surface area (Å²) >= 11 is 0. The molecule has 0 aliphatic carbocycles. The zero-order valence-electron chi connectivity index (χ0n) is 9.96. The molecule has 5 heteroatoms. The van der Waals surface area contributed by atoms with E-state index in [-0.39, 0.29) is 6.01 Å². The standard InChI is InChI=1S/C13H13N3O2/c1-2-18-13-15-11(14-12(17)16-13)9-8-10-6-4-3-5-7-10/h3-9H,2H2,1H3,(H,14,15,16,17)/b9-8+. The first kappa shape index (κ1) is 12.0. The molecule has 1 aromatic carbocycles. The van der Waals surface area contributed by atoms with Crippen molar-refractivity contribution in [1.29, 1.82) is 0 Å². The Labute approximate surface area is 104 Å². The van der Waals surface area contributed by atoms with Crippen LogP contribution in [0.4, 0.5) is 0 Å². The number of nitrogens with one attached hydrogen (secondary N) is 1. The van der Waals surface area contributed by atoms with Crippen LogP contribution in [0.5, 0.6) is 6.01 Å². The molecule has 0 fully saturated rings. The maximum Gasteiger partial charge on any atom is 0.351 e. The largest absolute Gasteiger partial charge is 0.464 e. The van der Waals surface area contributed by atoms with Crippen molar-refractivity contribution >= 4 is 12.2 Å². The van der Waals surface area contributed by atoms with Gasteiger partial charge in [-0.1, -0.05) is 36.4 Å². The maximum atomic E-state index is 11.3. The summed E-state index contributed by atoms with van der Waals surface area (Å²) < 4.78 is 5.10. The smallest absolute Gasteiger partial charge is 0.351 e. The molecule has 0 unspecified atom stereocenters. The van der Waals surface area contributed by atoms with E-state index in [4.69, 9.17) is 4.74 Å². The third kappa shape index (κ3) is 3.28. The summed E-state index contributed by atoms with van der Waals surface area (Å²) in [7, 11) is 0. The van der Waals surface area contributed by atoms with Crippen LogP contribution >= 0.6 is 0 Å². The number of ether oxygens (including phenoxy) is 1. The molecule has 0 amide bonds. The number of hydrogen-bond donors (Lipinski definition) is 1. The van der Waals surface area contributed by atoms with Crippen molar-refractivity contribution in [2.45, 2.75) is 6.92 Å². The molecule has 0 radical (unpaired) electrons. The molecule has 1 N–H and O–H groups in total. The van der Waals surface area contributed by atoms with Gasteiger partial charge in [-0.15, -0.1) is 4.98 Å². The lowest BCUT2D eigenvalue weighted by molar-refractivity contribution is 0.309. The Hall–Kier alpha value is -2.43. The number of nitrogens with zero attached hydrogens (tertiary/aromatic N) is 2. The van der Waals surface area contributed by atoms with Gasteiger partial charge in [-0.2, -0.15) is 4.98 Å². The molecule has 18 heavy (non-hydrogen) atoms. The predicted octanol–water partition coefficient (Wildman–Crippen LogP) is 1.73. The van der Waals surface area contributed by atoms with Crippen LogP contribution in [0.25, 0.3) is 12.2 Å². The van der Waals surface area contributed by atoms with E-state index in [0.717, 1.165) is 5.56 Å². The average Bonchev–Trinajstić information content (AvgIpc) is 2.37. The van der Waals surface area contributed by atoms with E-state index < -0.39 is 5.69 Å². The summed E-state index contributed by atoms with van der Waals surface area (Å²) in [5.41, 5.74) is 0.552. The minimum absolute atomic E-state index is 0.0916. The van der Waals surface area contributed by atoms with Gasteiger partial charge in [0.05, 0.1) is 6.61 Å². The summed E-state index contributed by atoms with van der Waals surface area (Å²) in [6.07, 6.45) is 3.56. The van der Waals surface area contributed by atoms with Crippen LogP contribution in [0.2, 0.25) is 0 Å². The molecule has 1 heterocycles. The first-order valence-corrected chi connectivity index (χ1v) is 5.62. The molecule has 0 bridgehead atoms. The van der Waals surface area contributed by atoms with Gasteiger partial charge in [-0.05, 0) is 18.6 Å². The Balaban J connectivity index is 2.24. The molecule has 0 spiro atoms. The maximum absolute atomic E-state index is 11.3. The lowest BCUT2D eigenvalue weighted by atomic mass is 10.2. The molecule has 0 atom stereocenters. The third-order valence-electron chi connectivity index (χ3n) is 2.15. The van der Waals surface area contributed by atoms with Crippen LogP contribution in [0.15, 0.2) is 35.1 Å². The summed E-state index contributed by atoms with van der Waals surface area (Å²) in [6, 6.07) is 9.83. The lowest BCUT2D eigenvalue weighted by Gasteiger charge is -2.00. The van der Waals surface area contributed by atoms with Gasteiger partial charge in [0.25, 0.3) is 0 Å². The molecule has 0 aliphatic rings. The average molecular weight is 243 g/mol. The number of H-pyrrole nitrogens is 1. The number of aromatic amines is 1. The summed E-state index contributed by atoms with van der Waals surface area (Å²) in [5.74, 6) is 0.419. The second kappa shape index (κ2) is 5.77. The van der Waals surface area contributed by atoms with E-state index in [1.807, 2.05) is 43.3 Å². The molecule has 92 valence electrons. The predicted molar refractivity (Wildman–Crippen MR) is 69.2 cm³/mol. The molecular weight excluding hydrogens is 230 g/mol. The minimum atomic E-state index is -0.471. The number of aromatic nitrogens is 3. The van der Waals surface area contributed by atoms with Crippen molar-refractivity contribution in [3.05, 3.63) is 52.2 Å². The Morgan fingerprint density at radius 3 is 2.72 bits per heavy atom. The van der Waals surface area contributed by atoms with Crippen LogP contribution in [0.1, 0.15) is 18.3 Å². The van der Waals surface area contributed by atoms with E-state index >= 15 is 0 Å². The zero-order valence-corrected chi connectivity index (χ0v) is 9.96. The number of benzene rings is 1. The Kier molecular flexibility index (Phi) is 3.86. The summed E-state index contributed by atoms with van der Waals surface area (Å²) in [6.45, 7) is 2.23. The first-order chi connectivity index (χ1) is 8.78. The quantitative estimate of drug-likeness (QED) is 0.888. The Morgan fingerprint density at radius 1 is 1.22 bits per heavy atom.